The summed E-state index contributed by atoms with van der Waals surface area (Å²) in [7, 11) is -1.00. The molecule has 6 heterocycles. The molecule has 25 heteroatoms. The number of nitrogens with two attached hydrogens (primary N) is 1. The highest BCUT2D eigenvalue weighted by Crippen LogP contribution is 2.41. The van der Waals surface area contributed by atoms with Crippen molar-refractivity contribution in [2.45, 2.75) is 218 Å². The van der Waals surface area contributed by atoms with Gasteiger partial charge >= 0.3 is 24.2 Å². The predicted octanol–water partition coefficient (Wildman–Crippen LogP) is 7.34. The van der Waals surface area contributed by atoms with Crippen LogP contribution in [0.25, 0.3) is 0 Å². The molecule has 23 nitrogen and oxygen atoms in total. The molecule has 0 aromatic carbocycles. The maximum absolute atomic E-state index is 12.0. The second kappa shape index (κ2) is 29.8. The van der Waals surface area contributed by atoms with E-state index in [0.29, 0.717) is 88.1 Å². The monoisotopic (exact) mass is 1110 g/mol. The number of rotatable bonds is 7. The molecule has 8 aliphatic rings. The van der Waals surface area contributed by atoms with E-state index in [4.69, 9.17) is 26.4 Å². The lowest BCUT2D eigenvalue weighted by Gasteiger charge is -2.33. The summed E-state index contributed by atoms with van der Waals surface area (Å²) in [5.74, 6) is 2.46. The van der Waals surface area contributed by atoms with E-state index in [1.165, 1.54) is 38.5 Å². The highest BCUT2D eigenvalue weighted by atomic mass is 35.5. The molecular weight excluding hydrogens is 1020 g/mol. The highest BCUT2D eigenvalue weighted by Gasteiger charge is 2.36. The number of tetrazole rings is 2. The van der Waals surface area contributed by atoms with E-state index in [1.54, 1.807) is 14.7 Å². The minimum atomic E-state index is -1.00. The fraction of sp³-hybridized carbons (Fsp3) is 0.865. The Morgan fingerprint density at radius 2 is 0.922 bits per heavy atom. The molecule has 0 radical (unpaired) electrons. The minimum Gasteiger partial charge on any atom is -0.481 e. The normalized spacial score (nSPS) is 20.6. The molecule has 4 saturated carbocycles. The van der Waals surface area contributed by atoms with Crippen molar-refractivity contribution in [2.24, 2.45) is 17.6 Å². The van der Waals surface area contributed by atoms with Crippen LogP contribution in [0.4, 0.5) is 18.8 Å². The fourth-order valence-corrected chi connectivity index (χ4v) is 8.74. The van der Waals surface area contributed by atoms with Gasteiger partial charge in [-0.05, 0) is 199 Å². The number of amides is 4. The standard InChI is InChI=1S/C14H23N5O2.C14H24N2O3.C11H19NO4.C9H15N5.C3H7N.CH3F.ClH/c1-14(2,3)21-13(20)18-8-6-11(7-9-18)19-12(10-4-5-10)15-16-17-19;1-14(2,3)19-13(18)16-8-6-10(7-9-16)12(17)15-11-4-5-11;1-11(2,3)16-10(15)12-6-4-8(5-7-12)9(13)14;1-2-7(1)9-11-12-13-14(9)8-3-5-10-6-4-8;4-3-1-2-3;1-2;/h10-11H,4-9H2,1-3H3;10-11H,4-9H2,1-3H3,(H,15,17);8H,4-7H2,1-3H3,(H,13,14);7-8,10H,1-6H2;3H,1-2,4H2;1H3;1H/i;;;;;1D;. The first-order valence-corrected chi connectivity index (χ1v) is 27.7. The number of carboxylic acids is 1. The first kappa shape index (κ1) is 62.9. The number of aromatic nitrogens is 8. The second-order valence-electron chi connectivity index (χ2n) is 24.1. The molecular formula is C52H92ClFN14O9. The van der Waals surface area contributed by atoms with Gasteiger partial charge in [-0.3, -0.25) is 14.0 Å². The molecule has 438 valence electrons. The molecule has 4 aliphatic heterocycles. The SMILES string of the molecule is C1CC(n2nnnc2C2CC2)CCN1.CC(C)(C)OC(=O)N1CCC(C(=O)NC2CC2)CC1.CC(C)(C)OC(=O)N1CCC(C(=O)O)CC1.CC(C)(C)OC(=O)N1CCC(n2nnnc2C2CC2)CC1.Cl.NC1CC1.[2H]CF. The van der Waals surface area contributed by atoms with Gasteiger partial charge in [0, 0.05) is 69.1 Å². The Balaban J connectivity index is 0.000000216. The third-order valence-electron chi connectivity index (χ3n) is 13.6. The van der Waals surface area contributed by atoms with E-state index in [0.717, 1.165) is 76.1 Å². The van der Waals surface area contributed by atoms with Gasteiger partial charge in [-0.25, -0.2) is 23.7 Å². The Kier molecular flexibility index (Phi) is 24.4. The molecule has 4 amide bonds. The van der Waals surface area contributed by atoms with Gasteiger partial charge in [-0.15, -0.1) is 22.6 Å². The van der Waals surface area contributed by atoms with Crippen molar-refractivity contribution in [1.82, 2.24) is 65.7 Å². The molecule has 77 heavy (non-hydrogen) atoms. The lowest BCUT2D eigenvalue weighted by molar-refractivity contribution is -0.143. The molecule has 4 saturated heterocycles. The number of alkyl halides is 1. The summed E-state index contributed by atoms with van der Waals surface area (Å²) in [5.41, 5.74) is 3.82. The molecule has 2 aromatic heterocycles. The van der Waals surface area contributed by atoms with Crippen LogP contribution in [0.15, 0.2) is 0 Å². The number of hydrogen-bond acceptors (Lipinski definition) is 16. The number of halogens is 2. The van der Waals surface area contributed by atoms with Crippen LogP contribution in [0, 0.1) is 11.8 Å². The lowest BCUT2D eigenvalue weighted by Crippen LogP contribution is -2.45. The van der Waals surface area contributed by atoms with Crippen molar-refractivity contribution in [3.8, 4) is 0 Å². The van der Waals surface area contributed by atoms with Crippen LogP contribution in [0.5, 0.6) is 0 Å². The Morgan fingerprint density at radius 3 is 1.23 bits per heavy atom. The van der Waals surface area contributed by atoms with Crippen LogP contribution in [0.1, 0.15) is 202 Å². The van der Waals surface area contributed by atoms with Crippen molar-refractivity contribution >= 4 is 42.6 Å². The van der Waals surface area contributed by atoms with Gasteiger partial charge in [0.1, 0.15) is 16.8 Å². The van der Waals surface area contributed by atoms with Gasteiger partial charge in [0.15, 0.2) is 11.6 Å². The molecule has 0 spiro atoms. The van der Waals surface area contributed by atoms with Crippen LogP contribution < -0.4 is 16.4 Å². The van der Waals surface area contributed by atoms with Gasteiger partial charge in [0.05, 0.1) is 26.5 Å². The number of carbonyl (C=O) groups is 5. The maximum Gasteiger partial charge on any atom is 0.410 e. The summed E-state index contributed by atoms with van der Waals surface area (Å²) in [4.78, 5) is 63.3. The van der Waals surface area contributed by atoms with E-state index in [9.17, 15) is 28.4 Å². The number of aliphatic carboxylic acids is 1. The van der Waals surface area contributed by atoms with Crippen molar-refractivity contribution in [3.63, 3.8) is 0 Å². The molecule has 2 aromatic rings. The van der Waals surface area contributed by atoms with Crippen molar-refractivity contribution in [1.29, 1.82) is 0 Å². The first-order chi connectivity index (χ1) is 36.3. The first-order valence-electron chi connectivity index (χ1n) is 28.4. The van der Waals surface area contributed by atoms with Gasteiger partial charge in [-0.2, -0.15) is 0 Å². The zero-order valence-corrected chi connectivity index (χ0v) is 48.1. The maximum atomic E-state index is 12.0. The number of nitrogens with one attached hydrogen (secondary N) is 2. The van der Waals surface area contributed by atoms with E-state index in [-0.39, 0.29) is 48.4 Å². The number of ether oxygens (including phenoxy) is 3. The Hall–Kier alpha value is -4.97. The van der Waals surface area contributed by atoms with Crippen molar-refractivity contribution < 1.29 is 49.1 Å². The van der Waals surface area contributed by atoms with Gasteiger partial charge < -0.3 is 50.4 Å². The molecule has 5 N–H and O–H groups in total. The van der Waals surface area contributed by atoms with Crippen molar-refractivity contribution in [3.05, 3.63) is 11.6 Å². The van der Waals surface area contributed by atoms with Gasteiger partial charge in [0.25, 0.3) is 0 Å². The number of nitrogens with zero attached hydrogens (tertiary/aromatic N) is 11. The second-order valence-corrected chi connectivity index (χ2v) is 24.1. The molecule has 0 atom stereocenters. The number of piperidine rings is 4. The number of carbonyl (C=O) groups excluding carboxylic acids is 4. The fourth-order valence-electron chi connectivity index (χ4n) is 8.74. The van der Waals surface area contributed by atoms with E-state index in [2.05, 4.69) is 46.4 Å². The largest absolute Gasteiger partial charge is 0.481 e. The Morgan fingerprint density at radius 1 is 0.584 bits per heavy atom. The van der Waals surface area contributed by atoms with E-state index >= 15 is 0 Å². The van der Waals surface area contributed by atoms with Crippen molar-refractivity contribution in [2.75, 3.05) is 59.5 Å². The van der Waals surface area contributed by atoms with E-state index in [1.807, 2.05) is 67.0 Å². The Labute approximate surface area is 462 Å². The van der Waals surface area contributed by atoms with Crippen LogP contribution >= 0.6 is 12.4 Å². The lowest BCUT2D eigenvalue weighted by atomic mass is 9.96. The predicted molar refractivity (Wildman–Crippen MR) is 288 cm³/mol. The van der Waals surface area contributed by atoms with E-state index < -0.39 is 29.9 Å². The number of hydrogen-bond donors (Lipinski definition) is 4. The molecule has 8 fully saturated rings. The van der Waals surface area contributed by atoms with Crippen LogP contribution in [0.2, 0.25) is 0 Å². The zero-order valence-electron chi connectivity index (χ0n) is 48.3. The summed E-state index contributed by atoms with van der Waals surface area (Å²) >= 11 is 0. The molecule has 10 rings (SSSR count). The highest BCUT2D eigenvalue weighted by molar-refractivity contribution is 5.85. The summed E-state index contributed by atoms with van der Waals surface area (Å²) in [6.07, 6.45) is 15.4. The number of likely N-dealkylation sites (tertiary alicyclic amines) is 3. The topological polar surface area (TPSA) is 280 Å². The summed E-state index contributed by atoms with van der Waals surface area (Å²) in [6.45, 7) is 22.4. The average molecular weight is 1110 g/mol. The molecule has 0 bridgehead atoms. The third-order valence-corrected chi connectivity index (χ3v) is 13.6. The molecule has 4 aliphatic carbocycles. The summed E-state index contributed by atoms with van der Waals surface area (Å²) < 4.78 is 35.5. The minimum absolute atomic E-state index is 0. The smallest absolute Gasteiger partial charge is 0.410 e. The Bertz CT molecular complexity index is 2150. The molecule has 0 unspecified atom stereocenters. The quantitative estimate of drug-likeness (QED) is 0.197. The van der Waals surface area contributed by atoms with Crippen LogP contribution in [0.3, 0.4) is 0 Å². The van der Waals surface area contributed by atoms with Gasteiger partial charge in [0.2, 0.25) is 5.91 Å². The summed E-state index contributed by atoms with van der Waals surface area (Å²) in [6, 6.07) is 1.83. The zero-order chi connectivity index (χ0) is 56.5. The third kappa shape index (κ3) is 23.5. The van der Waals surface area contributed by atoms with Gasteiger partial charge in [-0.1, -0.05) is 0 Å². The summed E-state index contributed by atoms with van der Waals surface area (Å²) in [5, 5.41) is 39.4. The number of carboxylic acid groups (broad SMARTS) is 1. The average Bonchev–Trinajstić information content (AvgIpc) is 4.16. The van der Waals surface area contributed by atoms with Crippen LogP contribution in [-0.4, -0.2) is 179 Å². The van der Waals surface area contributed by atoms with Crippen LogP contribution in [-0.2, 0) is 23.8 Å².